The van der Waals surface area contributed by atoms with Crippen LogP contribution in [0.15, 0.2) is 29.4 Å². The van der Waals surface area contributed by atoms with E-state index in [-0.39, 0.29) is 5.95 Å². The Balaban J connectivity index is 2.38. The first-order valence-corrected chi connectivity index (χ1v) is 5.44. The van der Waals surface area contributed by atoms with Gasteiger partial charge in [-0.1, -0.05) is 17.7 Å². The number of aromatic nitrogens is 2. The van der Waals surface area contributed by atoms with Gasteiger partial charge in [-0.05, 0) is 23.8 Å². The van der Waals surface area contributed by atoms with E-state index in [4.69, 9.17) is 22.1 Å². The number of nitrogens with two attached hydrogens (primary N) is 1. The Labute approximate surface area is 104 Å². The molecule has 1 heterocycles. The van der Waals surface area contributed by atoms with E-state index in [0.717, 1.165) is 16.5 Å². The fourth-order valence-corrected chi connectivity index (χ4v) is 1.75. The van der Waals surface area contributed by atoms with Gasteiger partial charge in [0.1, 0.15) is 0 Å². The summed E-state index contributed by atoms with van der Waals surface area (Å²) in [7, 11) is 1.60. The molecule has 88 valence electrons. The standard InChI is InChI=1S/C12H12ClN3O/c1-17-7-10(13)5-8-2-3-11-9(4-8)6-15-12(14)16-11/h2-6H,7H2,1H3,(H2,14,15,16)/b10-5-. The van der Waals surface area contributed by atoms with E-state index in [1.54, 1.807) is 13.3 Å². The highest BCUT2D eigenvalue weighted by Gasteiger charge is 1.99. The first-order chi connectivity index (χ1) is 8.19. The highest BCUT2D eigenvalue weighted by molar-refractivity contribution is 6.31. The molecular formula is C12H12ClN3O. The molecule has 2 rings (SSSR count). The summed E-state index contributed by atoms with van der Waals surface area (Å²) < 4.78 is 4.94. The topological polar surface area (TPSA) is 61.0 Å². The van der Waals surface area contributed by atoms with Gasteiger partial charge < -0.3 is 10.5 Å². The summed E-state index contributed by atoms with van der Waals surface area (Å²) in [4.78, 5) is 8.07. The van der Waals surface area contributed by atoms with Gasteiger partial charge in [0.2, 0.25) is 5.95 Å². The second-order valence-corrected chi connectivity index (χ2v) is 4.06. The van der Waals surface area contributed by atoms with Crippen molar-refractivity contribution in [3.63, 3.8) is 0 Å². The Kier molecular flexibility index (Phi) is 3.56. The van der Waals surface area contributed by atoms with Crippen LogP contribution < -0.4 is 5.73 Å². The number of hydrogen-bond acceptors (Lipinski definition) is 4. The predicted molar refractivity (Wildman–Crippen MR) is 69.7 cm³/mol. The number of nitrogen functional groups attached to an aromatic ring is 1. The molecule has 2 N–H and O–H groups in total. The van der Waals surface area contributed by atoms with Crippen molar-refractivity contribution < 1.29 is 4.74 Å². The van der Waals surface area contributed by atoms with Crippen molar-refractivity contribution in [2.75, 3.05) is 19.5 Å². The molecule has 0 amide bonds. The average molecular weight is 250 g/mol. The molecule has 0 aliphatic heterocycles. The molecule has 0 aliphatic rings. The van der Waals surface area contributed by atoms with E-state index >= 15 is 0 Å². The second-order valence-electron chi connectivity index (χ2n) is 3.57. The number of nitrogens with zero attached hydrogens (tertiary/aromatic N) is 2. The molecule has 0 atom stereocenters. The van der Waals surface area contributed by atoms with E-state index in [1.807, 2.05) is 24.3 Å². The minimum Gasteiger partial charge on any atom is -0.379 e. The molecule has 0 unspecified atom stereocenters. The third kappa shape index (κ3) is 2.93. The second kappa shape index (κ2) is 5.12. The van der Waals surface area contributed by atoms with Crippen molar-refractivity contribution in [2.45, 2.75) is 0 Å². The molecule has 0 saturated heterocycles. The van der Waals surface area contributed by atoms with Gasteiger partial charge in [-0.15, -0.1) is 0 Å². The Morgan fingerprint density at radius 3 is 3.12 bits per heavy atom. The molecule has 5 heteroatoms. The summed E-state index contributed by atoms with van der Waals surface area (Å²) >= 11 is 5.98. The SMILES string of the molecule is COC/C(Cl)=C/c1ccc2nc(N)ncc2c1. The van der Waals surface area contributed by atoms with Gasteiger partial charge in [0.05, 0.1) is 12.1 Å². The van der Waals surface area contributed by atoms with Crippen molar-refractivity contribution in [3.8, 4) is 0 Å². The normalized spacial score (nSPS) is 12.0. The predicted octanol–water partition coefficient (Wildman–Crippen LogP) is 2.44. The first-order valence-electron chi connectivity index (χ1n) is 5.06. The summed E-state index contributed by atoms with van der Waals surface area (Å²) in [5.74, 6) is 0.276. The molecule has 1 aromatic heterocycles. The fourth-order valence-electron chi connectivity index (χ4n) is 1.52. The van der Waals surface area contributed by atoms with E-state index in [9.17, 15) is 0 Å². The van der Waals surface area contributed by atoms with Gasteiger partial charge in [-0.25, -0.2) is 9.97 Å². The van der Waals surface area contributed by atoms with Crippen LogP contribution in [0, 0.1) is 0 Å². The number of hydrogen-bond donors (Lipinski definition) is 1. The van der Waals surface area contributed by atoms with Crippen molar-refractivity contribution in [1.29, 1.82) is 0 Å². The maximum Gasteiger partial charge on any atom is 0.220 e. The maximum atomic E-state index is 5.98. The van der Waals surface area contributed by atoms with Crippen molar-refractivity contribution in [3.05, 3.63) is 35.0 Å². The van der Waals surface area contributed by atoms with Gasteiger partial charge >= 0.3 is 0 Å². The zero-order chi connectivity index (χ0) is 12.3. The molecule has 0 radical (unpaired) electrons. The molecular weight excluding hydrogens is 238 g/mol. The van der Waals surface area contributed by atoms with E-state index < -0.39 is 0 Å². The van der Waals surface area contributed by atoms with Crippen LogP contribution in [0.2, 0.25) is 0 Å². The molecule has 0 bridgehead atoms. The average Bonchev–Trinajstić information content (AvgIpc) is 2.29. The molecule has 17 heavy (non-hydrogen) atoms. The molecule has 0 aliphatic carbocycles. The number of halogens is 1. The number of anilines is 1. The third-order valence-electron chi connectivity index (χ3n) is 2.23. The lowest BCUT2D eigenvalue weighted by Crippen LogP contribution is -1.94. The highest BCUT2D eigenvalue weighted by atomic mass is 35.5. The Bertz CT molecular complexity index is 569. The van der Waals surface area contributed by atoms with Crippen molar-refractivity contribution >= 4 is 34.5 Å². The van der Waals surface area contributed by atoms with Gasteiger partial charge in [0, 0.05) is 23.7 Å². The molecule has 2 aromatic rings. The molecule has 0 fully saturated rings. The van der Waals surface area contributed by atoms with Gasteiger partial charge in [0.15, 0.2) is 0 Å². The van der Waals surface area contributed by atoms with E-state index in [0.29, 0.717) is 11.6 Å². The molecule has 0 spiro atoms. The molecule has 0 saturated carbocycles. The number of methoxy groups -OCH3 is 1. The van der Waals surface area contributed by atoms with Crippen LogP contribution in [0.5, 0.6) is 0 Å². The fraction of sp³-hybridized carbons (Fsp3) is 0.167. The Hall–Kier alpha value is -1.65. The molecule has 1 aromatic carbocycles. The van der Waals surface area contributed by atoms with Crippen LogP contribution in [0.4, 0.5) is 5.95 Å². The molecule has 4 nitrogen and oxygen atoms in total. The summed E-state index contributed by atoms with van der Waals surface area (Å²) in [6.45, 7) is 0.401. The van der Waals surface area contributed by atoms with Crippen LogP contribution in [0.25, 0.3) is 17.0 Å². The Morgan fingerprint density at radius 1 is 1.53 bits per heavy atom. The van der Waals surface area contributed by atoms with E-state index in [2.05, 4.69) is 9.97 Å². The minimum atomic E-state index is 0.276. The lowest BCUT2D eigenvalue weighted by atomic mass is 10.1. The lowest BCUT2D eigenvalue weighted by Gasteiger charge is -2.01. The first kappa shape index (κ1) is 11.8. The zero-order valence-corrected chi connectivity index (χ0v) is 10.1. The summed E-state index contributed by atoms with van der Waals surface area (Å²) in [5, 5.41) is 1.57. The zero-order valence-electron chi connectivity index (χ0n) is 9.35. The quantitative estimate of drug-likeness (QED) is 0.908. The number of benzene rings is 1. The Morgan fingerprint density at radius 2 is 2.35 bits per heavy atom. The monoisotopic (exact) mass is 249 g/mol. The van der Waals surface area contributed by atoms with Crippen LogP contribution in [-0.2, 0) is 4.74 Å². The van der Waals surface area contributed by atoms with Gasteiger partial charge in [-0.3, -0.25) is 0 Å². The summed E-state index contributed by atoms with van der Waals surface area (Å²) in [6.07, 6.45) is 3.54. The van der Waals surface area contributed by atoms with Crippen LogP contribution in [0.1, 0.15) is 5.56 Å². The highest BCUT2D eigenvalue weighted by Crippen LogP contribution is 2.17. The van der Waals surface area contributed by atoms with Gasteiger partial charge in [-0.2, -0.15) is 0 Å². The maximum absolute atomic E-state index is 5.98. The number of ether oxygens (including phenoxy) is 1. The lowest BCUT2D eigenvalue weighted by molar-refractivity contribution is 0.231. The number of rotatable bonds is 3. The van der Waals surface area contributed by atoms with Crippen molar-refractivity contribution in [2.24, 2.45) is 0 Å². The van der Waals surface area contributed by atoms with Crippen molar-refractivity contribution in [1.82, 2.24) is 9.97 Å². The van der Waals surface area contributed by atoms with Crippen LogP contribution >= 0.6 is 11.6 Å². The smallest absolute Gasteiger partial charge is 0.220 e. The summed E-state index contributed by atoms with van der Waals surface area (Å²) in [5.41, 5.74) is 7.31. The largest absolute Gasteiger partial charge is 0.379 e. The van der Waals surface area contributed by atoms with Crippen LogP contribution in [0.3, 0.4) is 0 Å². The minimum absolute atomic E-state index is 0.276. The van der Waals surface area contributed by atoms with Gasteiger partial charge in [0.25, 0.3) is 0 Å². The summed E-state index contributed by atoms with van der Waals surface area (Å²) in [6, 6.07) is 5.76. The number of fused-ring (bicyclic) bond motifs is 1. The van der Waals surface area contributed by atoms with Crippen LogP contribution in [-0.4, -0.2) is 23.7 Å². The van der Waals surface area contributed by atoms with E-state index in [1.165, 1.54) is 0 Å². The third-order valence-corrected chi connectivity index (χ3v) is 2.45.